The smallest absolute Gasteiger partial charge is 0.0854 e. The van der Waals surface area contributed by atoms with Gasteiger partial charge in [-0.2, -0.15) is 0 Å². The second-order valence-corrected chi connectivity index (χ2v) is 5.54. The molecule has 0 amide bonds. The van der Waals surface area contributed by atoms with Gasteiger partial charge in [-0.3, -0.25) is 0 Å². The summed E-state index contributed by atoms with van der Waals surface area (Å²) in [6, 6.07) is 15.8. The molecule has 3 heteroatoms. The van der Waals surface area contributed by atoms with E-state index in [1.165, 1.54) is 5.56 Å². The van der Waals surface area contributed by atoms with E-state index in [4.69, 9.17) is 11.6 Å². The Morgan fingerprint density at radius 3 is 2.50 bits per heavy atom. The molecule has 0 radical (unpaired) electrons. The van der Waals surface area contributed by atoms with Crippen molar-refractivity contribution in [3.63, 3.8) is 0 Å². The molecule has 0 fully saturated rings. The average molecular weight is 290 g/mol. The van der Waals surface area contributed by atoms with Crippen molar-refractivity contribution in [2.24, 2.45) is 0 Å². The van der Waals surface area contributed by atoms with E-state index in [1.807, 2.05) is 36.4 Å². The predicted octanol–water partition coefficient (Wildman–Crippen LogP) is 4.36. The Balaban J connectivity index is 2.39. The summed E-state index contributed by atoms with van der Waals surface area (Å²) in [4.78, 5) is 0. The number of hydrogen-bond acceptors (Lipinski definition) is 2. The van der Waals surface area contributed by atoms with Crippen LogP contribution in [0.1, 0.15) is 24.5 Å². The molecule has 0 aliphatic heterocycles. The molecule has 0 bridgehead atoms. The molecule has 2 nitrogen and oxygen atoms in total. The van der Waals surface area contributed by atoms with Gasteiger partial charge >= 0.3 is 0 Å². The third-order valence-corrected chi connectivity index (χ3v) is 3.89. The lowest BCUT2D eigenvalue weighted by Crippen LogP contribution is -2.38. The van der Waals surface area contributed by atoms with Crippen LogP contribution in [0, 0.1) is 6.92 Å². The van der Waals surface area contributed by atoms with Gasteiger partial charge in [0.25, 0.3) is 0 Å². The highest BCUT2D eigenvalue weighted by Crippen LogP contribution is 2.31. The lowest BCUT2D eigenvalue weighted by molar-refractivity contribution is 0.207. The van der Waals surface area contributed by atoms with Crippen LogP contribution >= 0.6 is 11.6 Å². The van der Waals surface area contributed by atoms with Crippen LogP contribution in [0.2, 0.25) is 5.02 Å². The Labute approximate surface area is 125 Å². The molecule has 0 aliphatic carbocycles. The molecule has 0 aliphatic rings. The van der Waals surface area contributed by atoms with Gasteiger partial charge in [0.05, 0.1) is 12.1 Å². The van der Waals surface area contributed by atoms with E-state index in [-0.39, 0.29) is 6.61 Å². The van der Waals surface area contributed by atoms with Gasteiger partial charge in [0.15, 0.2) is 0 Å². The lowest BCUT2D eigenvalue weighted by atomic mass is 9.87. The van der Waals surface area contributed by atoms with Gasteiger partial charge < -0.3 is 10.4 Å². The molecule has 0 spiro atoms. The van der Waals surface area contributed by atoms with Crippen molar-refractivity contribution in [2.45, 2.75) is 25.8 Å². The van der Waals surface area contributed by atoms with E-state index < -0.39 is 5.54 Å². The molecule has 0 saturated heterocycles. The molecule has 0 saturated carbocycles. The van der Waals surface area contributed by atoms with Gasteiger partial charge in [0, 0.05) is 10.7 Å². The minimum atomic E-state index is -0.515. The Hall–Kier alpha value is -1.51. The van der Waals surface area contributed by atoms with Crippen LogP contribution in [0.25, 0.3) is 0 Å². The van der Waals surface area contributed by atoms with E-state index in [2.05, 4.69) is 31.3 Å². The van der Waals surface area contributed by atoms with Crippen LogP contribution in [0.3, 0.4) is 0 Å². The summed E-state index contributed by atoms with van der Waals surface area (Å²) < 4.78 is 0. The normalized spacial score (nSPS) is 13.8. The number of anilines is 1. The first-order valence-corrected chi connectivity index (χ1v) is 7.19. The summed E-state index contributed by atoms with van der Waals surface area (Å²) in [6.07, 6.45) is 0.762. The Morgan fingerprint density at radius 2 is 1.90 bits per heavy atom. The molecule has 2 aromatic carbocycles. The number of rotatable bonds is 5. The lowest BCUT2D eigenvalue weighted by Gasteiger charge is -2.34. The van der Waals surface area contributed by atoms with Crippen LogP contribution in [-0.2, 0) is 5.54 Å². The highest BCUT2D eigenvalue weighted by molar-refractivity contribution is 6.30. The zero-order valence-electron chi connectivity index (χ0n) is 11.9. The summed E-state index contributed by atoms with van der Waals surface area (Å²) in [5.41, 5.74) is 2.67. The molecule has 1 atom stereocenters. The van der Waals surface area contributed by atoms with Gasteiger partial charge in [-0.15, -0.1) is 0 Å². The number of aryl methyl sites for hydroxylation is 1. The summed E-state index contributed by atoms with van der Waals surface area (Å²) in [5.74, 6) is 0. The summed E-state index contributed by atoms with van der Waals surface area (Å²) in [7, 11) is 0. The van der Waals surface area contributed by atoms with E-state index in [0.29, 0.717) is 5.02 Å². The third kappa shape index (κ3) is 3.14. The Bertz CT molecular complexity index is 579. The second-order valence-electron chi connectivity index (χ2n) is 5.10. The fraction of sp³-hybridized carbons (Fsp3) is 0.294. The van der Waals surface area contributed by atoms with Gasteiger partial charge in [-0.25, -0.2) is 0 Å². The summed E-state index contributed by atoms with van der Waals surface area (Å²) in [6.45, 7) is 4.12. The SMILES string of the molecule is CCC(CO)(Nc1cccc(C)c1)c1cccc(Cl)c1. The van der Waals surface area contributed by atoms with Gasteiger partial charge in [0.1, 0.15) is 0 Å². The Morgan fingerprint density at radius 1 is 1.15 bits per heavy atom. The van der Waals surface area contributed by atoms with E-state index in [0.717, 1.165) is 17.7 Å². The number of halogens is 1. The van der Waals surface area contributed by atoms with Crippen molar-refractivity contribution < 1.29 is 5.11 Å². The number of benzene rings is 2. The molecular weight excluding hydrogens is 270 g/mol. The van der Waals surface area contributed by atoms with Gasteiger partial charge in [-0.05, 0) is 48.7 Å². The van der Waals surface area contributed by atoms with E-state index >= 15 is 0 Å². The maximum Gasteiger partial charge on any atom is 0.0854 e. The van der Waals surface area contributed by atoms with E-state index in [9.17, 15) is 5.11 Å². The first-order valence-electron chi connectivity index (χ1n) is 6.81. The largest absolute Gasteiger partial charge is 0.394 e. The summed E-state index contributed by atoms with van der Waals surface area (Å²) >= 11 is 6.08. The zero-order valence-corrected chi connectivity index (χ0v) is 12.6. The van der Waals surface area contributed by atoms with Crippen molar-refractivity contribution in [2.75, 3.05) is 11.9 Å². The van der Waals surface area contributed by atoms with Gasteiger partial charge in [0.2, 0.25) is 0 Å². The van der Waals surface area contributed by atoms with Crippen molar-refractivity contribution >= 4 is 17.3 Å². The Kier molecular flexibility index (Phi) is 4.69. The molecular formula is C17H20ClNO. The van der Waals surface area contributed by atoms with Crippen LogP contribution < -0.4 is 5.32 Å². The second kappa shape index (κ2) is 6.29. The molecule has 0 heterocycles. The third-order valence-electron chi connectivity index (χ3n) is 3.65. The molecule has 0 aromatic heterocycles. The number of hydrogen-bond donors (Lipinski definition) is 2. The molecule has 2 N–H and O–H groups in total. The fourth-order valence-electron chi connectivity index (χ4n) is 2.39. The monoisotopic (exact) mass is 289 g/mol. The maximum absolute atomic E-state index is 9.95. The first kappa shape index (κ1) is 14.9. The molecule has 106 valence electrons. The van der Waals surface area contributed by atoms with Crippen LogP contribution in [0.5, 0.6) is 0 Å². The maximum atomic E-state index is 9.95. The quantitative estimate of drug-likeness (QED) is 0.857. The number of aliphatic hydroxyl groups is 1. The molecule has 1 unspecified atom stereocenters. The molecule has 2 aromatic rings. The van der Waals surface area contributed by atoms with Crippen LogP contribution in [0.15, 0.2) is 48.5 Å². The average Bonchev–Trinajstić information content (AvgIpc) is 2.45. The molecule has 2 rings (SSSR count). The highest BCUT2D eigenvalue weighted by Gasteiger charge is 2.29. The number of nitrogens with one attached hydrogen (secondary N) is 1. The minimum absolute atomic E-state index is 0.0117. The van der Waals surface area contributed by atoms with Crippen molar-refractivity contribution in [1.82, 2.24) is 0 Å². The minimum Gasteiger partial charge on any atom is -0.394 e. The van der Waals surface area contributed by atoms with Crippen molar-refractivity contribution in [3.05, 3.63) is 64.7 Å². The van der Waals surface area contributed by atoms with Gasteiger partial charge in [-0.1, -0.05) is 42.8 Å². The number of aliphatic hydroxyl groups excluding tert-OH is 1. The van der Waals surface area contributed by atoms with Crippen LogP contribution in [-0.4, -0.2) is 11.7 Å². The van der Waals surface area contributed by atoms with Crippen LogP contribution in [0.4, 0.5) is 5.69 Å². The predicted molar refractivity (Wildman–Crippen MR) is 85.3 cm³/mol. The highest BCUT2D eigenvalue weighted by atomic mass is 35.5. The first-order chi connectivity index (χ1) is 9.59. The zero-order chi connectivity index (χ0) is 14.6. The molecule has 20 heavy (non-hydrogen) atoms. The van der Waals surface area contributed by atoms with E-state index in [1.54, 1.807) is 0 Å². The van der Waals surface area contributed by atoms with Crippen molar-refractivity contribution in [3.8, 4) is 0 Å². The van der Waals surface area contributed by atoms with Crippen molar-refractivity contribution in [1.29, 1.82) is 0 Å². The standard InChI is InChI=1S/C17H20ClNO/c1-3-17(12-20,14-7-5-8-15(18)11-14)19-16-9-4-6-13(2)10-16/h4-11,19-20H,3,12H2,1-2H3. The fourth-order valence-corrected chi connectivity index (χ4v) is 2.58. The topological polar surface area (TPSA) is 32.3 Å². The summed E-state index contributed by atoms with van der Waals surface area (Å²) in [5, 5.41) is 14.1.